The maximum atomic E-state index is 11.2. The molecule has 0 aliphatic carbocycles. The molecule has 3 nitrogen and oxygen atoms in total. The molecule has 0 saturated heterocycles. The Labute approximate surface area is 101 Å². The van der Waals surface area contributed by atoms with Crippen molar-refractivity contribution in [3.8, 4) is 0 Å². The third kappa shape index (κ3) is 1.93. The van der Waals surface area contributed by atoms with Gasteiger partial charge in [0, 0.05) is 23.6 Å². The van der Waals surface area contributed by atoms with Crippen LogP contribution < -0.4 is 5.73 Å². The van der Waals surface area contributed by atoms with E-state index >= 15 is 0 Å². The number of carbonyl (C=O) groups excluding carboxylic acids is 1. The van der Waals surface area contributed by atoms with Crippen molar-refractivity contribution in [2.75, 3.05) is 0 Å². The molecule has 1 heterocycles. The first-order valence-corrected chi connectivity index (χ1v) is 5.87. The molecular formula is C14H18N2O. The minimum atomic E-state index is -0.275. The Hall–Kier alpha value is -1.77. The molecule has 0 saturated carbocycles. The van der Waals surface area contributed by atoms with Gasteiger partial charge in [0.2, 0.25) is 5.91 Å². The molecule has 1 aromatic heterocycles. The summed E-state index contributed by atoms with van der Waals surface area (Å²) in [5.74, 6) is 0.102. The summed E-state index contributed by atoms with van der Waals surface area (Å²) in [5, 5.41) is 1.14. The number of carbonyl (C=O) groups is 1. The average Bonchev–Trinajstić information content (AvgIpc) is 2.52. The zero-order valence-electron chi connectivity index (χ0n) is 10.5. The van der Waals surface area contributed by atoms with Crippen LogP contribution in [0.5, 0.6) is 0 Å². The number of benzene rings is 1. The topological polar surface area (TPSA) is 48.0 Å². The highest BCUT2D eigenvalue weighted by molar-refractivity contribution is 5.90. The van der Waals surface area contributed by atoms with Gasteiger partial charge >= 0.3 is 0 Å². The second-order valence-electron chi connectivity index (χ2n) is 4.74. The molecule has 0 unspecified atom stereocenters. The van der Waals surface area contributed by atoms with Gasteiger partial charge in [-0.25, -0.2) is 0 Å². The second-order valence-corrected chi connectivity index (χ2v) is 4.74. The molecule has 1 aromatic carbocycles. The van der Waals surface area contributed by atoms with Crippen LogP contribution in [0.4, 0.5) is 0 Å². The molecule has 0 bridgehead atoms. The Morgan fingerprint density at radius 3 is 2.59 bits per heavy atom. The van der Waals surface area contributed by atoms with E-state index in [1.165, 1.54) is 5.69 Å². The predicted octanol–water partition coefficient (Wildman–Crippen LogP) is 2.33. The van der Waals surface area contributed by atoms with E-state index in [0.717, 1.165) is 16.5 Å². The van der Waals surface area contributed by atoms with Crippen molar-refractivity contribution < 1.29 is 4.79 Å². The molecule has 2 aromatic rings. The summed E-state index contributed by atoms with van der Waals surface area (Å²) in [6.45, 7) is 4.28. The van der Waals surface area contributed by atoms with E-state index in [-0.39, 0.29) is 5.91 Å². The van der Waals surface area contributed by atoms with Gasteiger partial charge in [0.15, 0.2) is 0 Å². The summed E-state index contributed by atoms with van der Waals surface area (Å²) in [4.78, 5) is 11.2. The Morgan fingerprint density at radius 2 is 2.00 bits per heavy atom. The van der Waals surface area contributed by atoms with Crippen molar-refractivity contribution in [2.45, 2.75) is 26.2 Å². The molecule has 2 rings (SSSR count). The fraction of sp³-hybridized carbons (Fsp3) is 0.357. The smallest absolute Gasteiger partial charge is 0.221 e. The third-order valence-corrected chi connectivity index (χ3v) is 3.16. The van der Waals surface area contributed by atoms with Gasteiger partial charge in [-0.05, 0) is 17.5 Å². The van der Waals surface area contributed by atoms with E-state index in [4.69, 9.17) is 5.73 Å². The summed E-state index contributed by atoms with van der Waals surface area (Å²) in [6, 6.07) is 8.14. The molecule has 3 heteroatoms. The molecule has 0 aliphatic heterocycles. The first kappa shape index (κ1) is 11.7. The monoisotopic (exact) mass is 230 g/mol. The van der Waals surface area contributed by atoms with Crippen LogP contribution in [0.3, 0.4) is 0 Å². The number of amides is 1. The number of primary amides is 1. The van der Waals surface area contributed by atoms with Gasteiger partial charge in [-0.15, -0.1) is 0 Å². The highest BCUT2D eigenvalue weighted by atomic mass is 16.1. The summed E-state index contributed by atoms with van der Waals surface area (Å²) in [7, 11) is 2.04. The van der Waals surface area contributed by atoms with E-state index in [2.05, 4.69) is 30.5 Å². The van der Waals surface area contributed by atoms with E-state index in [9.17, 15) is 4.79 Å². The lowest BCUT2D eigenvalue weighted by molar-refractivity contribution is -0.117. The maximum absolute atomic E-state index is 11.2. The van der Waals surface area contributed by atoms with Gasteiger partial charge in [-0.3, -0.25) is 4.79 Å². The van der Waals surface area contributed by atoms with Crippen LogP contribution >= 0.6 is 0 Å². The number of hydrogen-bond acceptors (Lipinski definition) is 1. The molecule has 90 valence electrons. The second kappa shape index (κ2) is 4.24. The quantitative estimate of drug-likeness (QED) is 0.864. The molecule has 0 atom stereocenters. The maximum Gasteiger partial charge on any atom is 0.221 e. The van der Waals surface area contributed by atoms with Crippen LogP contribution in [0, 0.1) is 0 Å². The molecule has 0 fully saturated rings. The van der Waals surface area contributed by atoms with Gasteiger partial charge in [-0.1, -0.05) is 32.0 Å². The first-order valence-electron chi connectivity index (χ1n) is 5.87. The lowest BCUT2D eigenvalue weighted by Gasteiger charge is -2.10. The van der Waals surface area contributed by atoms with E-state index < -0.39 is 0 Å². The van der Waals surface area contributed by atoms with Gasteiger partial charge in [0.1, 0.15) is 0 Å². The standard InChI is InChI=1S/C14H18N2O/c1-9(2)14-11(8-13(15)17)10-6-4-5-7-12(10)16(14)3/h4-7,9H,8H2,1-3H3,(H2,15,17). The highest BCUT2D eigenvalue weighted by Gasteiger charge is 2.18. The van der Waals surface area contributed by atoms with Crippen LogP contribution in [-0.2, 0) is 18.3 Å². The number of hydrogen-bond donors (Lipinski definition) is 1. The van der Waals surface area contributed by atoms with E-state index in [1.807, 2.05) is 19.2 Å². The number of rotatable bonds is 3. The molecule has 0 radical (unpaired) electrons. The number of nitrogens with zero attached hydrogens (tertiary/aromatic N) is 1. The highest BCUT2D eigenvalue weighted by Crippen LogP contribution is 2.30. The first-order chi connectivity index (χ1) is 8.02. The van der Waals surface area contributed by atoms with Crippen molar-refractivity contribution in [3.63, 3.8) is 0 Å². The zero-order valence-corrected chi connectivity index (χ0v) is 10.5. The van der Waals surface area contributed by atoms with Crippen LogP contribution in [0.1, 0.15) is 31.0 Å². The lowest BCUT2D eigenvalue weighted by Crippen LogP contribution is -2.15. The minimum Gasteiger partial charge on any atom is -0.369 e. The number of fused-ring (bicyclic) bond motifs is 1. The SMILES string of the molecule is CC(C)c1c(CC(N)=O)c2ccccc2n1C. The van der Waals surface area contributed by atoms with Gasteiger partial charge in [-0.2, -0.15) is 0 Å². The van der Waals surface area contributed by atoms with Crippen LogP contribution in [0.25, 0.3) is 10.9 Å². The normalized spacial score (nSPS) is 11.3. The summed E-state index contributed by atoms with van der Waals surface area (Å²) in [6.07, 6.45) is 0.314. The summed E-state index contributed by atoms with van der Waals surface area (Å²) in [5.41, 5.74) is 8.78. The van der Waals surface area contributed by atoms with E-state index in [0.29, 0.717) is 12.3 Å². The average molecular weight is 230 g/mol. The van der Waals surface area contributed by atoms with Crippen LogP contribution in [0.15, 0.2) is 24.3 Å². The van der Waals surface area contributed by atoms with Crippen molar-refractivity contribution in [1.29, 1.82) is 0 Å². The molecule has 17 heavy (non-hydrogen) atoms. The van der Waals surface area contributed by atoms with Gasteiger partial charge in [0.05, 0.1) is 6.42 Å². The molecule has 0 aliphatic rings. The fourth-order valence-electron chi connectivity index (χ4n) is 2.59. The van der Waals surface area contributed by atoms with E-state index in [1.54, 1.807) is 0 Å². The predicted molar refractivity (Wildman–Crippen MR) is 69.9 cm³/mol. The fourth-order valence-corrected chi connectivity index (χ4v) is 2.59. The Kier molecular flexibility index (Phi) is 2.92. The van der Waals surface area contributed by atoms with Gasteiger partial charge < -0.3 is 10.3 Å². The third-order valence-electron chi connectivity index (χ3n) is 3.16. The van der Waals surface area contributed by atoms with Crippen molar-refractivity contribution in [2.24, 2.45) is 12.8 Å². The van der Waals surface area contributed by atoms with Crippen molar-refractivity contribution >= 4 is 16.8 Å². The largest absolute Gasteiger partial charge is 0.369 e. The zero-order chi connectivity index (χ0) is 12.6. The lowest BCUT2D eigenvalue weighted by atomic mass is 10.0. The molecule has 0 spiro atoms. The molecule has 1 amide bonds. The summed E-state index contributed by atoms with van der Waals surface area (Å²) < 4.78 is 2.16. The number of aromatic nitrogens is 1. The Bertz CT molecular complexity index is 567. The van der Waals surface area contributed by atoms with Crippen LogP contribution in [-0.4, -0.2) is 10.5 Å². The number of nitrogens with two attached hydrogens (primary N) is 1. The number of aryl methyl sites for hydroxylation is 1. The molecule has 2 N–H and O–H groups in total. The van der Waals surface area contributed by atoms with Crippen molar-refractivity contribution in [3.05, 3.63) is 35.5 Å². The Morgan fingerprint density at radius 1 is 1.35 bits per heavy atom. The van der Waals surface area contributed by atoms with Crippen molar-refractivity contribution in [1.82, 2.24) is 4.57 Å². The Balaban J connectivity index is 2.76. The summed E-state index contributed by atoms with van der Waals surface area (Å²) >= 11 is 0. The molecular weight excluding hydrogens is 212 g/mol. The number of para-hydroxylation sites is 1. The minimum absolute atomic E-state index is 0.275. The van der Waals surface area contributed by atoms with Gasteiger partial charge in [0.25, 0.3) is 0 Å². The van der Waals surface area contributed by atoms with Crippen LogP contribution in [0.2, 0.25) is 0 Å².